The van der Waals surface area contributed by atoms with Crippen molar-refractivity contribution in [2.45, 2.75) is 13.8 Å². The molecule has 4 aromatic carbocycles. The molecule has 0 bridgehead atoms. The molecule has 8 nitrogen and oxygen atoms in total. The Hall–Kier alpha value is -6.50. The minimum atomic E-state index is -0.689. The van der Waals surface area contributed by atoms with E-state index >= 15 is 0 Å². The number of furan rings is 2. The molecule has 6 heterocycles. The van der Waals surface area contributed by atoms with Crippen LogP contribution in [-0.2, 0) is 40.2 Å². The van der Waals surface area contributed by atoms with E-state index in [9.17, 15) is 17.6 Å². The maximum Gasteiger partial charge on any atom is 0.137 e. The number of rotatable bonds is 4. The van der Waals surface area contributed by atoms with E-state index in [0.29, 0.717) is 33.3 Å². The molecule has 0 aliphatic rings. The van der Waals surface area contributed by atoms with E-state index in [1.165, 1.54) is 37.1 Å². The quantitative estimate of drug-likeness (QED) is 0.132. The molecule has 10 rings (SSSR count). The van der Waals surface area contributed by atoms with Gasteiger partial charge in [-0.05, 0) is 73.8 Å². The molecule has 0 saturated carbocycles. The number of aromatic nitrogens is 4. The zero-order valence-corrected chi connectivity index (χ0v) is 40.6. The van der Waals surface area contributed by atoms with Gasteiger partial charge in [0.2, 0.25) is 0 Å². The number of pyridine rings is 4. The Kier molecular flexibility index (Phi) is 22.6. The first kappa shape index (κ1) is 53.8. The first-order valence-electron chi connectivity index (χ1n) is 19.4. The second-order valence-electron chi connectivity index (χ2n) is 13.0. The largest absolute Gasteiger partial charge is 0.465 e. The van der Waals surface area contributed by atoms with Crippen LogP contribution in [0, 0.1) is 55.3 Å². The Labute approximate surface area is 406 Å². The second kappa shape index (κ2) is 27.7. The number of aliphatic hydroxyl groups is 2. The zero-order valence-electron chi connectivity index (χ0n) is 35.8. The van der Waals surface area contributed by atoms with E-state index < -0.39 is 23.3 Å². The summed E-state index contributed by atoms with van der Waals surface area (Å²) >= 11 is 0. The summed E-state index contributed by atoms with van der Waals surface area (Å²) in [7, 11) is 2.00. The van der Waals surface area contributed by atoms with E-state index in [0.717, 1.165) is 66.3 Å². The van der Waals surface area contributed by atoms with Crippen LogP contribution in [-0.4, -0.2) is 44.4 Å². The van der Waals surface area contributed by atoms with Gasteiger partial charge < -0.3 is 34.0 Å². The summed E-state index contributed by atoms with van der Waals surface area (Å²) in [5.41, 5.74) is 8.62. The van der Waals surface area contributed by atoms with Crippen LogP contribution in [0.15, 0.2) is 173 Å². The van der Waals surface area contributed by atoms with Crippen LogP contribution in [0.4, 0.5) is 17.6 Å². The van der Waals surface area contributed by atoms with Crippen LogP contribution in [0.25, 0.3) is 67.0 Å². The third-order valence-corrected chi connectivity index (χ3v) is 8.79. The summed E-state index contributed by atoms with van der Waals surface area (Å²) in [4.78, 5) is 17.0. The van der Waals surface area contributed by atoms with Crippen molar-refractivity contribution >= 4 is 21.9 Å². The molecule has 10 aromatic rings. The van der Waals surface area contributed by atoms with Crippen molar-refractivity contribution in [2.24, 2.45) is 0 Å². The van der Waals surface area contributed by atoms with Gasteiger partial charge in [0.15, 0.2) is 0 Å². The molecule has 342 valence electrons. The van der Waals surface area contributed by atoms with Crippen LogP contribution in [0.2, 0.25) is 0 Å². The predicted octanol–water partition coefficient (Wildman–Crippen LogP) is 12.3. The summed E-state index contributed by atoms with van der Waals surface area (Å²) in [5.74, 6) is -2.59. The number of hydrogen-bond acceptors (Lipinski definition) is 8. The van der Waals surface area contributed by atoms with Gasteiger partial charge in [0.25, 0.3) is 0 Å². The van der Waals surface area contributed by atoms with Gasteiger partial charge >= 0.3 is 0 Å². The van der Waals surface area contributed by atoms with Gasteiger partial charge in [-0.1, -0.05) is 35.9 Å². The third-order valence-electron chi connectivity index (χ3n) is 8.79. The fourth-order valence-corrected chi connectivity index (χ4v) is 6.00. The summed E-state index contributed by atoms with van der Waals surface area (Å²) in [5, 5.41) is 15.4. The first-order valence-corrected chi connectivity index (χ1v) is 19.4. The van der Waals surface area contributed by atoms with Gasteiger partial charge in [0.05, 0.1) is 18.2 Å². The van der Waals surface area contributed by atoms with Crippen molar-refractivity contribution in [3.8, 4) is 45.0 Å². The molecule has 14 heteroatoms. The third kappa shape index (κ3) is 14.8. The molecule has 0 amide bonds. The normalized spacial score (nSPS) is 9.73. The van der Waals surface area contributed by atoms with Gasteiger partial charge in [-0.15, -0.1) is 83.9 Å². The predicted molar refractivity (Wildman–Crippen MR) is 240 cm³/mol. The molecule has 2 radical (unpaired) electrons. The minimum absolute atomic E-state index is 0. The number of nitrogens with zero attached hydrogens (tertiary/aromatic N) is 4. The van der Waals surface area contributed by atoms with Crippen LogP contribution in [0.5, 0.6) is 0 Å². The van der Waals surface area contributed by atoms with Crippen LogP contribution in [0.3, 0.4) is 0 Å². The van der Waals surface area contributed by atoms with Crippen molar-refractivity contribution < 1.29 is 76.8 Å². The molecule has 0 unspecified atom stereocenters. The number of halogens is 4. The fraction of sp³-hybridized carbons (Fsp3) is 0.0769. The molecule has 2 N–H and O–H groups in total. The molecular weight excluding hydrogens is 1210 g/mol. The van der Waals surface area contributed by atoms with Crippen molar-refractivity contribution in [3.63, 3.8) is 0 Å². The number of aryl methyl sites for hydroxylation is 2. The van der Waals surface area contributed by atoms with E-state index in [2.05, 4.69) is 38.1 Å². The topological polar surface area (TPSA) is 118 Å². The summed E-state index contributed by atoms with van der Waals surface area (Å²) in [6, 6.07) is 48.7. The molecule has 6 aromatic heterocycles. The summed E-state index contributed by atoms with van der Waals surface area (Å²) in [6.45, 7) is 3.98. The standard InChI is InChI=1S/C13H7F2NO.C13H6F2NO.2C12H10N.2CH4O.2Ir/c2*14-8-1-2-9(11(15)7-8)13-10-4-6-17-12(10)3-5-16-13;2*1-10-6-5-9-12(13-10)11-7-3-2-4-8-11;2*1-2;;/h1-7H;1,3-7H;2*2-7,9H,1H3;2*2H,1H3;;/q;3*-1;;;;. The van der Waals surface area contributed by atoms with Gasteiger partial charge in [0, 0.05) is 118 Å². The Bertz CT molecular complexity index is 2790. The number of benzene rings is 4. The van der Waals surface area contributed by atoms with Crippen LogP contribution < -0.4 is 0 Å². The average molecular weight is 1250 g/mol. The SMILES string of the molecule is CO.CO.Cc1cccc(-c2[c-]cccc2)n1.Cc1cccc(-c2[c-]cccc2)n1.Fc1c[c-]c(-c2nccc3occc23)c(F)c1.Fc1ccc(-c2nccc3occc23)c(F)c1.[Ir].[Ir]. The Morgan fingerprint density at radius 2 is 1.00 bits per heavy atom. The molecule has 0 spiro atoms. The van der Waals surface area contributed by atoms with Crippen molar-refractivity contribution in [1.82, 2.24) is 19.9 Å². The van der Waals surface area contributed by atoms with Crippen LogP contribution >= 0.6 is 0 Å². The van der Waals surface area contributed by atoms with Gasteiger partial charge in [-0.2, -0.15) is 0 Å². The van der Waals surface area contributed by atoms with Gasteiger partial charge in [-0.3, -0.25) is 13.8 Å². The molecule has 66 heavy (non-hydrogen) atoms. The van der Waals surface area contributed by atoms with Gasteiger partial charge in [-0.25, -0.2) is 8.78 Å². The van der Waals surface area contributed by atoms with Crippen LogP contribution in [0.1, 0.15) is 11.4 Å². The number of hydrogen-bond donors (Lipinski definition) is 2. The first-order chi connectivity index (χ1) is 31.2. The molecule has 0 aliphatic heterocycles. The van der Waals surface area contributed by atoms with E-state index in [1.807, 2.05) is 98.8 Å². The van der Waals surface area contributed by atoms with Crippen molar-refractivity contribution in [1.29, 1.82) is 0 Å². The zero-order chi connectivity index (χ0) is 45.8. The molecule has 0 aliphatic carbocycles. The van der Waals surface area contributed by atoms with Crippen molar-refractivity contribution in [2.75, 3.05) is 14.2 Å². The van der Waals surface area contributed by atoms with Gasteiger partial charge in [0.1, 0.15) is 22.8 Å². The number of aliphatic hydroxyl groups excluding tert-OH is 2. The molecule has 0 atom stereocenters. The smallest absolute Gasteiger partial charge is 0.137 e. The monoisotopic (exact) mass is 1250 g/mol. The average Bonchev–Trinajstić information content (AvgIpc) is 4.03. The molecule has 0 saturated heterocycles. The minimum Gasteiger partial charge on any atom is -0.465 e. The van der Waals surface area contributed by atoms with E-state index in [1.54, 1.807) is 24.3 Å². The van der Waals surface area contributed by atoms with E-state index in [-0.39, 0.29) is 51.3 Å². The molecular formula is C52H41F4Ir2N4O4-3. The second-order valence-corrected chi connectivity index (χ2v) is 13.0. The Balaban J connectivity index is 0.000000227. The maximum absolute atomic E-state index is 13.7. The maximum atomic E-state index is 13.7. The summed E-state index contributed by atoms with van der Waals surface area (Å²) in [6.07, 6.45) is 6.05. The van der Waals surface area contributed by atoms with Crippen molar-refractivity contribution in [3.05, 3.63) is 217 Å². The Morgan fingerprint density at radius 1 is 0.500 bits per heavy atom. The molecule has 0 fully saturated rings. The Morgan fingerprint density at radius 3 is 1.47 bits per heavy atom. The summed E-state index contributed by atoms with van der Waals surface area (Å²) < 4.78 is 63.3. The fourth-order valence-electron chi connectivity index (χ4n) is 6.00. The van der Waals surface area contributed by atoms with E-state index in [4.69, 9.17) is 19.0 Å². The number of fused-ring (bicyclic) bond motifs is 2.